The average molecular weight is 379 g/mol. The molecule has 7 heteroatoms. The number of ether oxygens (including phenoxy) is 1. The lowest BCUT2D eigenvalue weighted by Crippen LogP contribution is -2.31. The molecule has 0 aliphatic rings. The number of nitrogens with zero attached hydrogens (tertiary/aromatic N) is 1. The summed E-state index contributed by atoms with van der Waals surface area (Å²) in [4.78, 5) is 24.4. The zero-order valence-corrected chi connectivity index (χ0v) is 15.2. The van der Waals surface area contributed by atoms with Gasteiger partial charge in [-0.15, -0.1) is 6.42 Å². The van der Waals surface area contributed by atoms with E-state index in [9.17, 15) is 9.59 Å². The Hall–Kier alpha value is -2.42. The molecule has 0 atom stereocenters. The quantitative estimate of drug-likeness (QED) is 0.812. The van der Waals surface area contributed by atoms with Gasteiger partial charge in [0.25, 0.3) is 5.56 Å². The van der Waals surface area contributed by atoms with Crippen molar-refractivity contribution in [2.75, 3.05) is 5.32 Å². The van der Waals surface area contributed by atoms with Crippen LogP contribution in [0.15, 0.2) is 41.3 Å². The van der Waals surface area contributed by atoms with Gasteiger partial charge in [-0.1, -0.05) is 35.2 Å². The second-order valence-electron chi connectivity index (χ2n) is 5.72. The van der Waals surface area contributed by atoms with Crippen LogP contribution in [0.5, 0.6) is 0 Å². The first kappa shape index (κ1) is 18.9. The van der Waals surface area contributed by atoms with Gasteiger partial charge in [0.15, 0.2) is 5.60 Å². The largest absolute Gasteiger partial charge is 0.430 e. The van der Waals surface area contributed by atoms with Gasteiger partial charge in [0, 0.05) is 21.8 Å². The Bertz CT molecular complexity index is 878. The minimum absolute atomic E-state index is 0.0588. The fourth-order valence-corrected chi connectivity index (χ4v) is 2.52. The van der Waals surface area contributed by atoms with Gasteiger partial charge in [-0.2, -0.15) is 0 Å². The van der Waals surface area contributed by atoms with E-state index in [1.807, 2.05) is 0 Å². The van der Waals surface area contributed by atoms with Crippen LogP contribution < -0.4 is 10.9 Å². The minimum atomic E-state index is -1.08. The number of rotatable bonds is 4. The molecule has 0 fully saturated rings. The van der Waals surface area contributed by atoms with E-state index in [2.05, 4.69) is 11.2 Å². The molecule has 2 aromatic rings. The summed E-state index contributed by atoms with van der Waals surface area (Å²) in [7, 11) is 0. The molecule has 1 N–H and O–H groups in total. The fraction of sp³-hybridized carbons (Fsp3) is 0.222. The second-order valence-corrected chi connectivity index (χ2v) is 6.54. The van der Waals surface area contributed by atoms with Gasteiger partial charge in [-0.05, 0) is 38.1 Å². The molecule has 130 valence electrons. The number of hydrogen-bond donors (Lipinski definition) is 1. The Labute approximate surface area is 155 Å². The molecule has 25 heavy (non-hydrogen) atoms. The van der Waals surface area contributed by atoms with Crippen LogP contribution in [0.2, 0.25) is 10.0 Å². The number of aromatic nitrogens is 1. The number of pyridine rings is 1. The molecular formula is C18H16Cl2N2O3. The van der Waals surface area contributed by atoms with Crippen molar-refractivity contribution in [1.29, 1.82) is 0 Å². The minimum Gasteiger partial charge on any atom is -0.430 e. The number of amides is 1. The van der Waals surface area contributed by atoms with Crippen LogP contribution in [-0.2, 0) is 11.3 Å². The number of carbonyl (C=O) groups excluding carboxylic acids is 1. The number of halogens is 2. The Kier molecular flexibility index (Phi) is 5.78. The molecule has 0 aliphatic carbocycles. The van der Waals surface area contributed by atoms with Gasteiger partial charge in [0.2, 0.25) is 0 Å². The molecule has 0 bridgehead atoms. The summed E-state index contributed by atoms with van der Waals surface area (Å²) in [5.74, 6) is 2.33. The Morgan fingerprint density at radius 2 is 1.92 bits per heavy atom. The maximum absolute atomic E-state index is 12.5. The summed E-state index contributed by atoms with van der Waals surface area (Å²) in [6, 6.07) is 8.19. The van der Waals surface area contributed by atoms with Gasteiger partial charge < -0.3 is 9.30 Å². The van der Waals surface area contributed by atoms with Crippen molar-refractivity contribution < 1.29 is 9.53 Å². The van der Waals surface area contributed by atoms with E-state index < -0.39 is 17.3 Å². The summed E-state index contributed by atoms with van der Waals surface area (Å²) >= 11 is 12.3. The average Bonchev–Trinajstić information content (AvgIpc) is 2.54. The molecule has 5 nitrogen and oxygen atoms in total. The van der Waals surface area contributed by atoms with Gasteiger partial charge in [-0.25, -0.2) is 4.79 Å². The molecule has 1 amide bonds. The summed E-state index contributed by atoms with van der Waals surface area (Å²) in [5.41, 5.74) is -0.832. The van der Waals surface area contributed by atoms with Gasteiger partial charge in [0.05, 0.1) is 6.54 Å². The summed E-state index contributed by atoms with van der Waals surface area (Å²) in [5, 5.41) is 3.30. The van der Waals surface area contributed by atoms with Crippen LogP contribution in [0.25, 0.3) is 0 Å². The summed E-state index contributed by atoms with van der Waals surface area (Å²) < 4.78 is 6.45. The highest BCUT2D eigenvalue weighted by Crippen LogP contribution is 2.24. The van der Waals surface area contributed by atoms with E-state index in [0.29, 0.717) is 15.6 Å². The lowest BCUT2D eigenvalue weighted by molar-refractivity contribution is 0.0906. The summed E-state index contributed by atoms with van der Waals surface area (Å²) in [6.07, 6.45) is 6.03. The zero-order chi connectivity index (χ0) is 18.6. The third-order valence-corrected chi connectivity index (χ3v) is 4.05. The van der Waals surface area contributed by atoms with E-state index >= 15 is 0 Å². The lowest BCUT2D eigenvalue weighted by Gasteiger charge is -2.18. The number of carbonyl (C=O) groups is 1. The number of terminal acetylenes is 1. The Morgan fingerprint density at radius 1 is 1.28 bits per heavy atom. The first-order valence-electron chi connectivity index (χ1n) is 7.33. The first-order valence-corrected chi connectivity index (χ1v) is 8.09. The van der Waals surface area contributed by atoms with Crippen LogP contribution in [0.1, 0.15) is 19.4 Å². The Balaban J connectivity index is 2.25. The fourth-order valence-electron chi connectivity index (χ4n) is 2.01. The highest BCUT2D eigenvalue weighted by Gasteiger charge is 2.20. The topological polar surface area (TPSA) is 60.3 Å². The monoisotopic (exact) mass is 378 g/mol. The van der Waals surface area contributed by atoms with Crippen molar-refractivity contribution in [3.8, 4) is 12.3 Å². The van der Waals surface area contributed by atoms with Crippen molar-refractivity contribution in [3.05, 3.63) is 62.5 Å². The van der Waals surface area contributed by atoms with E-state index in [1.165, 1.54) is 10.6 Å². The smallest absolute Gasteiger partial charge is 0.413 e. The van der Waals surface area contributed by atoms with Crippen LogP contribution in [-0.4, -0.2) is 16.3 Å². The first-order chi connectivity index (χ1) is 11.7. The van der Waals surface area contributed by atoms with Crippen LogP contribution in [0, 0.1) is 12.3 Å². The van der Waals surface area contributed by atoms with Gasteiger partial charge in [0.1, 0.15) is 5.69 Å². The molecule has 1 aromatic heterocycles. The van der Waals surface area contributed by atoms with E-state index in [-0.39, 0.29) is 12.2 Å². The van der Waals surface area contributed by atoms with E-state index in [0.717, 1.165) is 0 Å². The van der Waals surface area contributed by atoms with E-state index in [4.69, 9.17) is 34.4 Å². The molecule has 0 aliphatic heterocycles. The summed E-state index contributed by atoms with van der Waals surface area (Å²) in [6.45, 7) is 3.29. The highest BCUT2D eigenvalue weighted by atomic mass is 35.5. The Morgan fingerprint density at radius 3 is 2.52 bits per heavy atom. The van der Waals surface area contributed by atoms with Crippen molar-refractivity contribution >= 4 is 35.0 Å². The van der Waals surface area contributed by atoms with Crippen LogP contribution in [0.4, 0.5) is 10.5 Å². The maximum atomic E-state index is 12.5. The molecule has 1 aromatic carbocycles. The lowest BCUT2D eigenvalue weighted by atomic mass is 10.1. The van der Waals surface area contributed by atoms with Crippen molar-refractivity contribution in [2.45, 2.75) is 26.0 Å². The van der Waals surface area contributed by atoms with E-state index in [1.54, 1.807) is 44.3 Å². The molecule has 2 rings (SSSR count). The SMILES string of the molecule is C#CC(C)(C)OC(=O)Nc1cccn(Cc2c(Cl)cccc2Cl)c1=O. The van der Waals surface area contributed by atoms with Gasteiger partial charge >= 0.3 is 6.09 Å². The standard InChI is InChI=1S/C18H16Cl2N2O3/c1-4-18(2,3)25-17(24)21-15-9-6-10-22(16(15)23)11-12-13(19)7-5-8-14(12)20/h1,5-10H,11H2,2-3H3,(H,21,24). The number of nitrogens with one attached hydrogen (secondary N) is 1. The molecule has 0 radical (unpaired) electrons. The third kappa shape index (κ3) is 4.79. The molecule has 0 saturated heterocycles. The molecule has 0 unspecified atom stereocenters. The van der Waals surface area contributed by atoms with Crippen LogP contribution in [0.3, 0.4) is 0 Å². The molecule has 1 heterocycles. The predicted octanol–water partition coefficient (Wildman–Crippen LogP) is 4.16. The molecule has 0 spiro atoms. The number of benzene rings is 1. The molecular weight excluding hydrogens is 363 g/mol. The van der Waals surface area contributed by atoms with Crippen molar-refractivity contribution in [3.63, 3.8) is 0 Å². The second kappa shape index (κ2) is 7.64. The van der Waals surface area contributed by atoms with Crippen LogP contribution >= 0.6 is 23.2 Å². The zero-order valence-electron chi connectivity index (χ0n) is 13.7. The predicted molar refractivity (Wildman–Crippen MR) is 99.3 cm³/mol. The highest BCUT2D eigenvalue weighted by molar-refractivity contribution is 6.35. The third-order valence-electron chi connectivity index (χ3n) is 3.34. The van der Waals surface area contributed by atoms with Crippen molar-refractivity contribution in [1.82, 2.24) is 4.57 Å². The molecule has 0 saturated carbocycles. The maximum Gasteiger partial charge on any atom is 0.413 e. The number of hydrogen-bond acceptors (Lipinski definition) is 3. The number of anilines is 1. The van der Waals surface area contributed by atoms with Crippen molar-refractivity contribution in [2.24, 2.45) is 0 Å². The van der Waals surface area contributed by atoms with Gasteiger partial charge in [-0.3, -0.25) is 10.1 Å². The normalized spacial score (nSPS) is 10.8.